The van der Waals surface area contributed by atoms with Crippen molar-refractivity contribution in [2.75, 3.05) is 0 Å². The van der Waals surface area contributed by atoms with Crippen molar-refractivity contribution in [3.63, 3.8) is 0 Å². The van der Waals surface area contributed by atoms with E-state index >= 15 is 0 Å². The molecule has 4 aromatic rings. The fourth-order valence-electron chi connectivity index (χ4n) is 3.45. The monoisotopic (exact) mass is 469 g/mol. The molecule has 0 fully saturated rings. The van der Waals surface area contributed by atoms with Gasteiger partial charge in [-0.1, -0.05) is 48.9 Å². The Morgan fingerprint density at radius 1 is 1.19 bits per heavy atom. The number of nitrogens with zero attached hydrogens (tertiary/aromatic N) is 3. The Bertz CT molecular complexity index is 1430. The summed E-state index contributed by atoms with van der Waals surface area (Å²) in [6, 6.07) is 14.0. The summed E-state index contributed by atoms with van der Waals surface area (Å²) in [6.07, 6.45) is 1.58. The number of hydrogen-bond donors (Lipinski definition) is 2. The second kappa shape index (κ2) is 8.81. The molecule has 10 heteroatoms. The van der Waals surface area contributed by atoms with Gasteiger partial charge in [0.15, 0.2) is 0 Å². The molecule has 32 heavy (non-hydrogen) atoms. The normalized spacial score (nSPS) is 12.5. The molecule has 2 heterocycles. The van der Waals surface area contributed by atoms with Gasteiger partial charge in [-0.25, -0.2) is 18.5 Å². The number of aromatic nitrogens is 3. The number of H-pyrrole nitrogens is 1. The van der Waals surface area contributed by atoms with Crippen LogP contribution in [0.15, 0.2) is 63.2 Å². The van der Waals surface area contributed by atoms with E-state index in [1.807, 2.05) is 31.2 Å². The van der Waals surface area contributed by atoms with Crippen LogP contribution in [-0.2, 0) is 23.0 Å². The Morgan fingerprint density at radius 3 is 2.56 bits per heavy atom. The molecule has 4 rings (SSSR count). The van der Waals surface area contributed by atoms with Gasteiger partial charge in [-0.05, 0) is 43.2 Å². The molecular formula is C22H23N5O3S2. The molecule has 2 aromatic carbocycles. The van der Waals surface area contributed by atoms with Gasteiger partial charge in [0, 0.05) is 11.4 Å². The number of aromatic amines is 1. The van der Waals surface area contributed by atoms with Crippen LogP contribution in [0, 0.1) is 0 Å². The number of rotatable bonds is 7. The fraction of sp³-hybridized carbons (Fsp3) is 0.227. The number of nitrogens with one attached hydrogen (secondary N) is 1. The first kappa shape index (κ1) is 22.1. The molecule has 2 aromatic heterocycles. The maximum absolute atomic E-state index is 13.3. The van der Waals surface area contributed by atoms with Gasteiger partial charge in [0.2, 0.25) is 15.2 Å². The second-order valence-electron chi connectivity index (χ2n) is 7.41. The number of fused-ring (bicyclic) bond motifs is 1. The maximum atomic E-state index is 13.3. The summed E-state index contributed by atoms with van der Waals surface area (Å²) in [5, 5.41) is 8.95. The third-order valence-electron chi connectivity index (χ3n) is 5.05. The van der Waals surface area contributed by atoms with E-state index < -0.39 is 10.0 Å². The lowest BCUT2D eigenvalue weighted by Gasteiger charge is -2.03. The highest BCUT2D eigenvalue weighted by Crippen LogP contribution is 2.24. The van der Waals surface area contributed by atoms with Crippen molar-refractivity contribution < 1.29 is 8.42 Å². The number of hydrogen-bond acceptors (Lipinski definition) is 6. The van der Waals surface area contributed by atoms with Gasteiger partial charge < -0.3 is 0 Å². The molecule has 0 radical (unpaired) electrons. The highest BCUT2D eigenvalue weighted by Gasteiger charge is 2.19. The van der Waals surface area contributed by atoms with Gasteiger partial charge in [0.25, 0.3) is 5.56 Å². The zero-order chi connectivity index (χ0) is 22.9. The standard InChI is InChI=1S/C22H23N5O3S2/c1-3-6-18-20(14(2)24-13-15-9-11-16(12-10-15)32(23,29)30)21(28)27(26-18)22-25-17-7-4-5-8-19(17)31-22/h4-5,7-12,26H,3,6,13H2,1-2H3,(H2,23,29,30). The molecule has 8 nitrogen and oxygen atoms in total. The first-order valence-corrected chi connectivity index (χ1v) is 12.5. The average molecular weight is 470 g/mol. The van der Waals surface area contributed by atoms with Crippen LogP contribution in [0.4, 0.5) is 0 Å². The number of sulfonamides is 1. The Labute approximate surface area is 189 Å². The Morgan fingerprint density at radius 2 is 1.91 bits per heavy atom. The van der Waals surface area contributed by atoms with Crippen molar-refractivity contribution >= 4 is 37.3 Å². The van der Waals surface area contributed by atoms with E-state index in [1.165, 1.54) is 28.2 Å². The van der Waals surface area contributed by atoms with Crippen molar-refractivity contribution in [3.05, 3.63) is 75.7 Å². The first-order valence-electron chi connectivity index (χ1n) is 10.1. The molecule has 0 saturated carbocycles. The van der Waals surface area contributed by atoms with E-state index in [0.29, 0.717) is 29.4 Å². The smallest absolute Gasteiger partial charge is 0.282 e. The van der Waals surface area contributed by atoms with Gasteiger partial charge >= 0.3 is 0 Å². The van der Waals surface area contributed by atoms with Crippen LogP contribution < -0.4 is 10.7 Å². The van der Waals surface area contributed by atoms with Crippen LogP contribution in [0.2, 0.25) is 0 Å². The van der Waals surface area contributed by atoms with Crippen LogP contribution in [-0.4, -0.2) is 28.9 Å². The van der Waals surface area contributed by atoms with Gasteiger partial charge in [0.05, 0.1) is 27.2 Å². The summed E-state index contributed by atoms with van der Waals surface area (Å²) in [7, 11) is -3.73. The van der Waals surface area contributed by atoms with Gasteiger partial charge in [-0.15, -0.1) is 0 Å². The maximum Gasteiger partial charge on any atom is 0.282 e. The summed E-state index contributed by atoms with van der Waals surface area (Å²) in [5.74, 6) is 0. The third kappa shape index (κ3) is 4.43. The fourth-order valence-corrected chi connectivity index (χ4v) is 4.89. The number of benzene rings is 2. The lowest BCUT2D eigenvalue weighted by Crippen LogP contribution is -2.19. The zero-order valence-corrected chi connectivity index (χ0v) is 19.3. The highest BCUT2D eigenvalue weighted by atomic mass is 32.2. The van der Waals surface area contributed by atoms with Crippen molar-refractivity contribution in [1.82, 2.24) is 14.8 Å². The molecule has 0 unspecified atom stereocenters. The summed E-state index contributed by atoms with van der Waals surface area (Å²) in [4.78, 5) is 22.5. The van der Waals surface area contributed by atoms with E-state index in [-0.39, 0.29) is 10.5 Å². The Balaban J connectivity index is 1.68. The van der Waals surface area contributed by atoms with E-state index in [0.717, 1.165) is 27.9 Å². The lowest BCUT2D eigenvalue weighted by atomic mass is 10.1. The van der Waals surface area contributed by atoms with E-state index in [2.05, 4.69) is 22.0 Å². The van der Waals surface area contributed by atoms with Crippen LogP contribution in [0.1, 0.15) is 37.1 Å². The number of nitrogens with two attached hydrogens (primary N) is 1. The quantitative estimate of drug-likeness (QED) is 0.403. The van der Waals surface area contributed by atoms with Crippen LogP contribution in [0.5, 0.6) is 0 Å². The summed E-state index contributed by atoms with van der Waals surface area (Å²) < 4.78 is 25.3. The SMILES string of the molecule is CCCc1[nH]n(-c2nc3ccccc3s2)c(=O)c1C(C)=NCc1ccc(S(N)(=O)=O)cc1. The molecule has 0 saturated heterocycles. The highest BCUT2D eigenvalue weighted by molar-refractivity contribution is 7.89. The summed E-state index contributed by atoms with van der Waals surface area (Å²) in [5.41, 5.74) is 3.47. The molecule has 3 N–H and O–H groups in total. The van der Waals surface area contributed by atoms with Crippen LogP contribution in [0.3, 0.4) is 0 Å². The topological polar surface area (TPSA) is 123 Å². The Kier molecular flexibility index (Phi) is 6.09. The zero-order valence-electron chi connectivity index (χ0n) is 17.7. The predicted molar refractivity (Wildman–Crippen MR) is 127 cm³/mol. The number of aryl methyl sites for hydroxylation is 1. The van der Waals surface area contributed by atoms with Crippen LogP contribution >= 0.6 is 11.3 Å². The minimum Gasteiger partial charge on any atom is -0.292 e. The minimum absolute atomic E-state index is 0.0524. The van der Waals surface area contributed by atoms with Gasteiger partial charge in [0.1, 0.15) is 0 Å². The van der Waals surface area contributed by atoms with Crippen molar-refractivity contribution in [1.29, 1.82) is 0 Å². The van der Waals surface area contributed by atoms with Gasteiger partial charge in [-0.2, -0.15) is 4.68 Å². The largest absolute Gasteiger partial charge is 0.292 e. The van der Waals surface area contributed by atoms with Crippen molar-refractivity contribution in [2.24, 2.45) is 10.1 Å². The van der Waals surface area contributed by atoms with Crippen molar-refractivity contribution in [2.45, 2.75) is 38.1 Å². The summed E-state index contributed by atoms with van der Waals surface area (Å²) in [6.45, 7) is 4.18. The van der Waals surface area contributed by atoms with E-state index in [4.69, 9.17) is 5.14 Å². The molecular weight excluding hydrogens is 446 g/mol. The second-order valence-corrected chi connectivity index (χ2v) is 9.98. The third-order valence-corrected chi connectivity index (χ3v) is 7.00. The van der Waals surface area contributed by atoms with Crippen molar-refractivity contribution in [3.8, 4) is 5.13 Å². The summed E-state index contributed by atoms with van der Waals surface area (Å²) >= 11 is 1.45. The molecule has 0 atom stereocenters. The molecule has 0 spiro atoms. The predicted octanol–water partition coefficient (Wildman–Crippen LogP) is 3.38. The minimum atomic E-state index is -3.73. The van der Waals surface area contributed by atoms with Gasteiger partial charge in [-0.3, -0.25) is 14.9 Å². The molecule has 166 valence electrons. The van der Waals surface area contributed by atoms with E-state index in [1.54, 1.807) is 12.1 Å². The molecule has 0 amide bonds. The average Bonchev–Trinajstić information content (AvgIpc) is 3.33. The molecule has 0 bridgehead atoms. The number of aliphatic imine (C=N–C) groups is 1. The first-order chi connectivity index (χ1) is 15.3. The number of thiazole rings is 1. The van der Waals surface area contributed by atoms with E-state index in [9.17, 15) is 13.2 Å². The number of primary sulfonamides is 1. The van der Waals surface area contributed by atoms with Crippen LogP contribution in [0.25, 0.3) is 15.3 Å². The Hall–Kier alpha value is -3.08. The molecule has 0 aliphatic rings. The lowest BCUT2D eigenvalue weighted by molar-refractivity contribution is 0.598. The molecule has 0 aliphatic heterocycles. The molecule has 0 aliphatic carbocycles. The number of para-hydroxylation sites is 1.